The number of amides is 1. The number of rotatable bonds is 1. The molecule has 0 unspecified atom stereocenters. The molecule has 0 aromatic rings. The molecule has 1 amide bonds. The highest BCUT2D eigenvalue weighted by Gasteiger charge is 2.29. The molecule has 0 saturated carbocycles. The van der Waals surface area contributed by atoms with Crippen LogP contribution >= 0.6 is 0 Å². The topological polar surface area (TPSA) is 43.8 Å². The summed E-state index contributed by atoms with van der Waals surface area (Å²) in [5.74, 6) is 0.493. The van der Waals surface area contributed by atoms with Gasteiger partial charge in [-0.25, -0.2) is 0 Å². The summed E-state index contributed by atoms with van der Waals surface area (Å²) in [6.45, 7) is 3.49. The Labute approximate surface area is 97.2 Å². The van der Waals surface area contributed by atoms with Crippen molar-refractivity contribution >= 4 is 5.91 Å². The highest BCUT2D eigenvalue weighted by molar-refractivity contribution is 5.79. The van der Waals surface area contributed by atoms with E-state index < -0.39 is 0 Å². The van der Waals surface area contributed by atoms with Crippen LogP contribution in [0.2, 0.25) is 0 Å². The molecule has 0 radical (unpaired) electrons. The lowest BCUT2D eigenvalue weighted by Crippen LogP contribution is -2.47. The van der Waals surface area contributed by atoms with Crippen molar-refractivity contribution in [3.8, 4) is 0 Å². The van der Waals surface area contributed by atoms with Crippen molar-refractivity contribution in [3.63, 3.8) is 0 Å². The highest BCUT2D eigenvalue weighted by Crippen LogP contribution is 2.20. The van der Waals surface area contributed by atoms with Crippen molar-refractivity contribution in [2.75, 3.05) is 33.2 Å². The van der Waals surface area contributed by atoms with Gasteiger partial charge < -0.3 is 14.9 Å². The summed E-state index contributed by atoms with van der Waals surface area (Å²) in [5, 5.41) is 9.41. The normalized spacial score (nSPS) is 29.4. The van der Waals surface area contributed by atoms with Crippen LogP contribution in [0.3, 0.4) is 0 Å². The minimum Gasteiger partial charge on any atom is -0.393 e. The van der Waals surface area contributed by atoms with Gasteiger partial charge in [-0.3, -0.25) is 4.79 Å². The number of aliphatic hydroxyl groups is 1. The smallest absolute Gasteiger partial charge is 0.226 e. The molecule has 2 rings (SSSR count). The molecule has 16 heavy (non-hydrogen) atoms. The van der Waals surface area contributed by atoms with Crippen molar-refractivity contribution in [2.24, 2.45) is 5.92 Å². The standard InChI is InChI=1S/C12H22N2O2/c1-13-6-2-3-10(9-13)12(16)14-7-4-11(15)5-8-14/h10-11,15H,2-9H2,1H3/t10-/m0/s1. The molecule has 1 atom stereocenters. The summed E-state index contributed by atoms with van der Waals surface area (Å²) in [4.78, 5) is 16.4. The maximum atomic E-state index is 12.2. The van der Waals surface area contributed by atoms with Gasteiger partial charge in [-0.15, -0.1) is 0 Å². The SMILES string of the molecule is CN1CCC[C@H](C(=O)N2CCC(O)CC2)C1. The predicted molar refractivity (Wildman–Crippen MR) is 62.0 cm³/mol. The van der Waals surface area contributed by atoms with E-state index in [1.807, 2.05) is 4.90 Å². The van der Waals surface area contributed by atoms with Gasteiger partial charge in [0.25, 0.3) is 0 Å². The lowest BCUT2D eigenvalue weighted by molar-refractivity contribution is -0.139. The average molecular weight is 226 g/mol. The largest absolute Gasteiger partial charge is 0.393 e. The van der Waals surface area contributed by atoms with E-state index >= 15 is 0 Å². The third kappa shape index (κ3) is 2.74. The zero-order valence-corrected chi connectivity index (χ0v) is 10.1. The van der Waals surface area contributed by atoms with Gasteiger partial charge in [0, 0.05) is 19.6 Å². The summed E-state index contributed by atoms with van der Waals surface area (Å²) in [6, 6.07) is 0. The molecular formula is C12H22N2O2. The molecule has 0 aliphatic carbocycles. The summed E-state index contributed by atoms with van der Waals surface area (Å²) in [6.07, 6.45) is 3.45. The Morgan fingerprint density at radius 2 is 1.88 bits per heavy atom. The van der Waals surface area contributed by atoms with E-state index in [1.165, 1.54) is 0 Å². The molecule has 0 aromatic carbocycles. The first-order valence-electron chi connectivity index (χ1n) is 6.32. The fraction of sp³-hybridized carbons (Fsp3) is 0.917. The number of nitrogens with zero attached hydrogens (tertiary/aromatic N) is 2. The van der Waals surface area contributed by atoms with Gasteiger partial charge in [0.1, 0.15) is 0 Å². The second kappa shape index (κ2) is 5.15. The Balaban J connectivity index is 1.86. The summed E-state index contributed by atoms with van der Waals surface area (Å²) < 4.78 is 0. The molecule has 4 heteroatoms. The summed E-state index contributed by atoms with van der Waals surface area (Å²) in [7, 11) is 2.08. The van der Waals surface area contributed by atoms with E-state index in [1.54, 1.807) is 0 Å². The van der Waals surface area contributed by atoms with E-state index in [0.29, 0.717) is 5.91 Å². The van der Waals surface area contributed by atoms with Gasteiger partial charge >= 0.3 is 0 Å². The number of likely N-dealkylation sites (tertiary alicyclic amines) is 2. The fourth-order valence-electron chi connectivity index (χ4n) is 2.71. The van der Waals surface area contributed by atoms with Gasteiger partial charge in [-0.1, -0.05) is 0 Å². The maximum absolute atomic E-state index is 12.2. The van der Waals surface area contributed by atoms with Crippen LogP contribution in [0.15, 0.2) is 0 Å². The Bertz CT molecular complexity index is 249. The first kappa shape index (κ1) is 11.9. The van der Waals surface area contributed by atoms with E-state index in [0.717, 1.165) is 51.9 Å². The Hall–Kier alpha value is -0.610. The van der Waals surface area contributed by atoms with Crippen molar-refractivity contribution in [2.45, 2.75) is 31.8 Å². The van der Waals surface area contributed by atoms with Crippen LogP contribution in [-0.4, -0.2) is 60.1 Å². The van der Waals surface area contributed by atoms with Crippen molar-refractivity contribution < 1.29 is 9.90 Å². The molecule has 0 aromatic heterocycles. The number of carbonyl (C=O) groups excluding carboxylic acids is 1. The first-order chi connectivity index (χ1) is 7.66. The molecule has 2 heterocycles. The minimum atomic E-state index is -0.196. The Morgan fingerprint density at radius 1 is 1.19 bits per heavy atom. The molecule has 4 nitrogen and oxygen atoms in total. The first-order valence-corrected chi connectivity index (χ1v) is 6.32. The molecule has 92 valence electrons. The predicted octanol–water partition coefficient (Wildman–Crippen LogP) is 0.311. The summed E-state index contributed by atoms with van der Waals surface area (Å²) >= 11 is 0. The highest BCUT2D eigenvalue weighted by atomic mass is 16.3. The van der Waals surface area contributed by atoms with E-state index in [4.69, 9.17) is 0 Å². The van der Waals surface area contributed by atoms with Crippen LogP contribution in [0, 0.1) is 5.92 Å². The molecule has 0 spiro atoms. The quantitative estimate of drug-likeness (QED) is 0.700. The Kier molecular flexibility index (Phi) is 3.82. The van der Waals surface area contributed by atoms with Crippen LogP contribution in [0.1, 0.15) is 25.7 Å². The van der Waals surface area contributed by atoms with Crippen LogP contribution in [0.25, 0.3) is 0 Å². The fourth-order valence-corrected chi connectivity index (χ4v) is 2.71. The van der Waals surface area contributed by atoms with Crippen LogP contribution < -0.4 is 0 Å². The second-order valence-electron chi connectivity index (χ2n) is 5.16. The van der Waals surface area contributed by atoms with E-state index in [2.05, 4.69) is 11.9 Å². The number of hydrogen-bond acceptors (Lipinski definition) is 3. The van der Waals surface area contributed by atoms with Gasteiger partial charge in [-0.2, -0.15) is 0 Å². The zero-order valence-electron chi connectivity index (χ0n) is 10.1. The van der Waals surface area contributed by atoms with Crippen LogP contribution in [-0.2, 0) is 4.79 Å². The average Bonchev–Trinajstić information content (AvgIpc) is 2.29. The zero-order chi connectivity index (χ0) is 11.5. The maximum Gasteiger partial charge on any atom is 0.226 e. The third-order valence-corrected chi connectivity index (χ3v) is 3.75. The molecule has 1 N–H and O–H groups in total. The van der Waals surface area contributed by atoms with Crippen LogP contribution in [0.5, 0.6) is 0 Å². The lowest BCUT2D eigenvalue weighted by atomic mass is 9.95. The molecule has 2 saturated heterocycles. The van der Waals surface area contributed by atoms with Crippen molar-refractivity contribution in [3.05, 3.63) is 0 Å². The monoisotopic (exact) mass is 226 g/mol. The van der Waals surface area contributed by atoms with Crippen molar-refractivity contribution in [1.29, 1.82) is 0 Å². The van der Waals surface area contributed by atoms with Crippen LogP contribution in [0.4, 0.5) is 0 Å². The number of piperidine rings is 2. The van der Waals surface area contributed by atoms with E-state index in [9.17, 15) is 9.90 Å². The lowest BCUT2D eigenvalue weighted by Gasteiger charge is -2.35. The number of carbonyl (C=O) groups is 1. The van der Waals surface area contributed by atoms with Gasteiger partial charge in [-0.05, 0) is 39.3 Å². The van der Waals surface area contributed by atoms with E-state index in [-0.39, 0.29) is 12.0 Å². The summed E-state index contributed by atoms with van der Waals surface area (Å²) in [5.41, 5.74) is 0. The Morgan fingerprint density at radius 3 is 2.50 bits per heavy atom. The van der Waals surface area contributed by atoms with Gasteiger partial charge in [0.15, 0.2) is 0 Å². The van der Waals surface area contributed by atoms with Gasteiger partial charge in [0.05, 0.1) is 12.0 Å². The number of aliphatic hydroxyl groups excluding tert-OH is 1. The minimum absolute atomic E-state index is 0.189. The molecule has 0 bridgehead atoms. The number of hydrogen-bond donors (Lipinski definition) is 1. The van der Waals surface area contributed by atoms with Gasteiger partial charge in [0.2, 0.25) is 5.91 Å². The molecular weight excluding hydrogens is 204 g/mol. The molecule has 2 fully saturated rings. The second-order valence-corrected chi connectivity index (χ2v) is 5.16. The van der Waals surface area contributed by atoms with Crippen molar-refractivity contribution in [1.82, 2.24) is 9.80 Å². The molecule has 2 aliphatic heterocycles. The molecule has 2 aliphatic rings. The third-order valence-electron chi connectivity index (χ3n) is 3.75.